The molecule has 4 aromatic rings. The zero-order valence-electron chi connectivity index (χ0n) is 18.0. The zero-order valence-corrected chi connectivity index (χ0v) is 18.7. The molecule has 0 saturated carbocycles. The number of hydrogen-bond acceptors (Lipinski definition) is 2. The Bertz CT molecular complexity index is 1150. The Morgan fingerprint density at radius 2 is 1.16 bits per heavy atom. The van der Waals surface area contributed by atoms with Crippen LogP contribution >= 0.6 is 11.6 Å². The first kappa shape index (κ1) is 21.0. The van der Waals surface area contributed by atoms with Crippen LogP contribution in [0.1, 0.15) is 25.0 Å². The molecule has 0 spiro atoms. The van der Waals surface area contributed by atoms with Crippen LogP contribution in [0.25, 0.3) is 22.3 Å². The van der Waals surface area contributed by atoms with Crippen molar-refractivity contribution in [3.05, 3.63) is 107 Å². The van der Waals surface area contributed by atoms with Gasteiger partial charge in [-0.1, -0.05) is 86.1 Å². The molecule has 0 heterocycles. The van der Waals surface area contributed by atoms with Gasteiger partial charge >= 0.3 is 0 Å². The van der Waals surface area contributed by atoms with Crippen molar-refractivity contribution in [2.45, 2.75) is 26.7 Å². The number of nitrogens with one attached hydrogen (secondary N) is 2. The van der Waals surface area contributed by atoms with Crippen molar-refractivity contribution < 1.29 is 0 Å². The van der Waals surface area contributed by atoms with Gasteiger partial charge in [0.2, 0.25) is 0 Å². The summed E-state index contributed by atoms with van der Waals surface area (Å²) in [5, 5.41) is 0.794. The molecule has 0 amide bonds. The van der Waals surface area contributed by atoms with E-state index in [1.807, 2.05) is 6.07 Å². The van der Waals surface area contributed by atoms with E-state index in [2.05, 4.69) is 110 Å². The lowest BCUT2D eigenvalue weighted by Gasteiger charge is -2.12. The second-order valence-corrected chi connectivity index (χ2v) is 8.03. The average molecular weight is 427 g/mol. The van der Waals surface area contributed by atoms with Crippen LogP contribution in [0.5, 0.6) is 0 Å². The minimum absolute atomic E-state index is 0.794. The molecule has 0 aliphatic heterocycles. The number of halogens is 1. The number of benzene rings is 4. The molecule has 31 heavy (non-hydrogen) atoms. The average Bonchev–Trinajstić information content (AvgIpc) is 2.83. The molecule has 0 fully saturated rings. The van der Waals surface area contributed by atoms with E-state index in [1.54, 1.807) is 0 Å². The number of rotatable bonds is 7. The predicted octanol–water partition coefficient (Wildman–Crippen LogP) is 8.24. The Morgan fingerprint density at radius 3 is 1.74 bits per heavy atom. The molecule has 2 nitrogen and oxygen atoms in total. The van der Waals surface area contributed by atoms with E-state index < -0.39 is 0 Å². The summed E-state index contributed by atoms with van der Waals surface area (Å²) in [4.78, 5) is 0. The zero-order chi connectivity index (χ0) is 21.6. The van der Waals surface area contributed by atoms with E-state index in [1.165, 1.54) is 22.3 Å². The van der Waals surface area contributed by atoms with Gasteiger partial charge in [0.25, 0.3) is 0 Å². The molecule has 0 unspecified atom stereocenters. The van der Waals surface area contributed by atoms with Crippen molar-refractivity contribution in [1.29, 1.82) is 0 Å². The fraction of sp³-hybridized carbons (Fsp3) is 0.143. The maximum absolute atomic E-state index is 6.47. The van der Waals surface area contributed by atoms with E-state index in [4.69, 9.17) is 11.6 Å². The van der Waals surface area contributed by atoms with Crippen molar-refractivity contribution in [2.24, 2.45) is 0 Å². The molecule has 0 aliphatic carbocycles. The van der Waals surface area contributed by atoms with Gasteiger partial charge in [0, 0.05) is 10.6 Å². The predicted molar refractivity (Wildman–Crippen MR) is 135 cm³/mol. The Morgan fingerprint density at radius 1 is 0.581 bits per heavy atom. The lowest BCUT2D eigenvalue weighted by molar-refractivity contribution is 1.14. The van der Waals surface area contributed by atoms with Crippen LogP contribution in [0.3, 0.4) is 0 Å². The maximum Gasteiger partial charge on any atom is 0.0540 e. The number of aryl methyl sites for hydroxylation is 2. The fourth-order valence-electron chi connectivity index (χ4n) is 3.61. The molecule has 0 saturated heterocycles. The minimum Gasteiger partial charge on any atom is -0.301 e. The molecule has 2 N–H and O–H groups in total. The van der Waals surface area contributed by atoms with Crippen molar-refractivity contribution in [3.8, 4) is 22.3 Å². The molecule has 4 aromatic carbocycles. The molecule has 0 aromatic heterocycles. The monoisotopic (exact) mass is 426 g/mol. The molecule has 0 atom stereocenters. The van der Waals surface area contributed by atoms with Crippen molar-refractivity contribution in [2.75, 3.05) is 10.9 Å². The van der Waals surface area contributed by atoms with Crippen molar-refractivity contribution in [1.82, 2.24) is 0 Å². The van der Waals surface area contributed by atoms with Crippen molar-refractivity contribution in [3.63, 3.8) is 0 Å². The summed E-state index contributed by atoms with van der Waals surface area (Å²) in [5.41, 5.74) is 15.8. The Labute approximate surface area is 189 Å². The summed E-state index contributed by atoms with van der Waals surface area (Å²) < 4.78 is 0. The first-order valence-electron chi connectivity index (χ1n) is 10.8. The number of hydrazine groups is 1. The molecule has 0 aliphatic rings. The largest absolute Gasteiger partial charge is 0.301 e. The molecule has 3 heteroatoms. The first-order valence-corrected chi connectivity index (χ1v) is 11.1. The summed E-state index contributed by atoms with van der Waals surface area (Å²) in [6.07, 6.45) is 2.03. The lowest BCUT2D eigenvalue weighted by atomic mass is 10.0. The maximum atomic E-state index is 6.47. The van der Waals surface area contributed by atoms with E-state index in [0.717, 1.165) is 40.4 Å². The van der Waals surface area contributed by atoms with E-state index >= 15 is 0 Å². The summed E-state index contributed by atoms with van der Waals surface area (Å²) in [5.74, 6) is 0. The fourth-order valence-corrected chi connectivity index (χ4v) is 3.92. The van der Waals surface area contributed by atoms with E-state index in [9.17, 15) is 0 Å². The third-order valence-corrected chi connectivity index (χ3v) is 5.85. The SMILES string of the molecule is CCc1cccc(-c2ccc(NNc3ccc(-c4ccc(CC)cc4Cl)cc3)cc2)c1. The summed E-state index contributed by atoms with van der Waals surface area (Å²) in [7, 11) is 0. The quantitative estimate of drug-likeness (QED) is 0.291. The van der Waals surface area contributed by atoms with E-state index in [-0.39, 0.29) is 0 Å². The lowest BCUT2D eigenvalue weighted by Crippen LogP contribution is -2.08. The van der Waals surface area contributed by atoms with Gasteiger partial charge in [0.15, 0.2) is 0 Å². The molecule has 4 rings (SSSR count). The van der Waals surface area contributed by atoms with Crippen LogP contribution in [-0.2, 0) is 12.8 Å². The van der Waals surface area contributed by atoms with Crippen LogP contribution in [0.2, 0.25) is 5.02 Å². The van der Waals surface area contributed by atoms with Gasteiger partial charge in [-0.15, -0.1) is 0 Å². The highest BCUT2D eigenvalue weighted by atomic mass is 35.5. The Balaban J connectivity index is 1.40. The van der Waals surface area contributed by atoms with Gasteiger partial charge in [0.05, 0.1) is 11.4 Å². The molecular formula is C28H27ClN2. The topological polar surface area (TPSA) is 24.1 Å². The second kappa shape index (κ2) is 9.72. The molecule has 156 valence electrons. The molecule has 0 radical (unpaired) electrons. The van der Waals surface area contributed by atoms with Crippen LogP contribution in [0.15, 0.2) is 91.0 Å². The standard InChI is InChI=1S/C28H27ClN2/c1-3-20-6-5-7-24(18-20)22-9-13-25(14-10-22)30-31-26-15-11-23(12-16-26)27-17-8-21(4-2)19-28(27)29/h5-19,30-31H,3-4H2,1-2H3. The van der Waals surface area contributed by atoms with Crippen LogP contribution in [0.4, 0.5) is 11.4 Å². The smallest absolute Gasteiger partial charge is 0.0540 e. The van der Waals surface area contributed by atoms with Crippen LogP contribution < -0.4 is 10.9 Å². The molecule has 0 bridgehead atoms. The normalized spacial score (nSPS) is 10.7. The Kier molecular flexibility index (Phi) is 6.59. The van der Waals surface area contributed by atoms with Gasteiger partial charge in [0.1, 0.15) is 0 Å². The number of hydrogen-bond donors (Lipinski definition) is 2. The van der Waals surface area contributed by atoms with Gasteiger partial charge < -0.3 is 10.9 Å². The van der Waals surface area contributed by atoms with Crippen LogP contribution in [0, 0.1) is 0 Å². The van der Waals surface area contributed by atoms with Crippen LogP contribution in [-0.4, -0.2) is 0 Å². The summed E-state index contributed by atoms with van der Waals surface area (Å²) in [6, 6.07) is 31.7. The highest BCUT2D eigenvalue weighted by Crippen LogP contribution is 2.30. The third kappa shape index (κ3) is 5.10. The Hall–Kier alpha value is -3.23. The highest BCUT2D eigenvalue weighted by Gasteiger charge is 2.05. The third-order valence-electron chi connectivity index (χ3n) is 5.54. The van der Waals surface area contributed by atoms with E-state index in [0.29, 0.717) is 0 Å². The summed E-state index contributed by atoms with van der Waals surface area (Å²) in [6.45, 7) is 4.32. The van der Waals surface area contributed by atoms with Gasteiger partial charge in [-0.3, -0.25) is 0 Å². The first-order chi connectivity index (χ1) is 15.2. The van der Waals surface area contributed by atoms with Gasteiger partial charge in [-0.2, -0.15) is 0 Å². The van der Waals surface area contributed by atoms with Gasteiger partial charge in [-0.25, -0.2) is 0 Å². The summed E-state index contributed by atoms with van der Waals surface area (Å²) >= 11 is 6.47. The van der Waals surface area contributed by atoms with Gasteiger partial charge in [-0.05, 0) is 71.0 Å². The second-order valence-electron chi connectivity index (χ2n) is 7.63. The highest BCUT2D eigenvalue weighted by molar-refractivity contribution is 6.33. The minimum atomic E-state index is 0.794. The van der Waals surface area contributed by atoms with Crippen molar-refractivity contribution >= 4 is 23.0 Å². The number of anilines is 2. The molecular weight excluding hydrogens is 400 g/mol.